The zero-order valence-electron chi connectivity index (χ0n) is 24.4. The Bertz CT molecular complexity index is 2000. The van der Waals surface area contributed by atoms with E-state index in [0.717, 1.165) is 54.4 Å². The molecule has 1 aliphatic heterocycles. The Morgan fingerprint density at radius 1 is 1.07 bits per heavy atom. The van der Waals surface area contributed by atoms with Crippen LogP contribution in [-0.4, -0.2) is 60.8 Å². The third-order valence-electron chi connectivity index (χ3n) is 9.74. The van der Waals surface area contributed by atoms with Gasteiger partial charge < -0.3 is 29.6 Å². The van der Waals surface area contributed by atoms with Gasteiger partial charge in [-0.05, 0) is 73.9 Å². The second-order valence-electron chi connectivity index (χ2n) is 12.5. The third-order valence-corrected chi connectivity index (χ3v) is 9.74. The summed E-state index contributed by atoms with van der Waals surface area (Å²) >= 11 is 0. The molecule has 2 aromatic carbocycles. The molecule has 0 spiro atoms. The number of hydrogen-bond donors (Lipinski definition) is 2. The Hall–Kier alpha value is -4.51. The van der Waals surface area contributed by atoms with E-state index in [1.807, 2.05) is 34.7 Å². The number of nitrogens with zero attached hydrogens (tertiary/aromatic N) is 5. The molecule has 4 heterocycles. The number of carbonyl (C=O) groups is 1. The molecule has 2 aliphatic carbocycles. The lowest BCUT2D eigenvalue weighted by Crippen LogP contribution is -2.41. The van der Waals surface area contributed by atoms with Crippen LogP contribution in [0.25, 0.3) is 44.8 Å². The molecule has 5 aromatic rings. The first kappa shape index (κ1) is 27.1. The van der Waals surface area contributed by atoms with Crippen LogP contribution in [0.1, 0.15) is 36.0 Å². The number of phenols is 1. The number of benzene rings is 2. The summed E-state index contributed by atoms with van der Waals surface area (Å²) in [7, 11) is 3.50. The summed E-state index contributed by atoms with van der Waals surface area (Å²) in [5, 5.41) is 10.4. The molecule has 3 aromatic heterocycles. The van der Waals surface area contributed by atoms with Crippen LogP contribution in [0.3, 0.4) is 0 Å². The van der Waals surface area contributed by atoms with E-state index in [1.54, 1.807) is 19.2 Å². The molecule has 3 atom stereocenters. The molecule has 2 saturated carbocycles. The normalized spacial score (nSPS) is 21.2. The van der Waals surface area contributed by atoms with Gasteiger partial charge in [0.05, 0.1) is 24.0 Å². The van der Waals surface area contributed by atoms with Gasteiger partial charge in [0, 0.05) is 54.8 Å². The summed E-state index contributed by atoms with van der Waals surface area (Å²) < 4.78 is 38.8. The number of aromatic hydroxyl groups is 1. The highest BCUT2D eigenvalue weighted by Gasteiger charge is 2.47. The van der Waals surface area contributed by atoms with Crippen molar-refractivity contribution in [3.63, 3.8) is 0 Å². The van der Waals surface area contributed by atoms with E-state index < -0.39 is 17.4 Å². The Morgan fingerprint density at radius 2 is 1.89 bits per heavy atom. The summed E-state index contributed by atoms with van der Waals surface area (Å²) in [4.78, 5) is 25.4. The number of fused-ring (bicyclic) bond motifs is 4. The summed E-state index contributed by atoms with van der Waals surface area (Å²) in [6.45, 7) is 1.37. The molecule has 3 fully saturated rings. The standard InChI is InChI=1S/C33H32F2N6O3/c1-39-30-24(9-19(11-28(30)44-2)33(43)41-15-18-6-8-25(41)29(18)36)38-32(39)26-10-17-5-7-23(20-12-22(35)27(42)13-21(20)34)37-31(17)40(26)14-16-3-4-16/h5,7,9-13,16,18,25,29,42H,3-4,6,8,14-15,36H2,1-2H3. The van der Waals surface area contributed by atoms with E-state index in [0.29, 0.717) is 53.2 Å². The minimum Gasteiger partial charge on any atom is -0.505 e. The first-order valence-corrected chi connectivity index (χ1v) is 15.0. The number of amides is 1. The number of rotatable bonds is 6. The van der Waals surface area contributed by atoms with Crippen molar-refractivity contribution in [2.24, 2.45) is 24.6 Å². The smallest absolute Gasteiger partial charge is 0.254 e. The van der Waals surface area contributed by atoms with Gasteiger partial charge in [0.25, 0.3) is 5.91 Å². The summed E-state index contributed by atoms with van der Waals surface area (Å²) in [5.74, 6) is -0.418. The van der Waals surface area contributed by atoms with Gasteiger partial charge in [-0.2, -0.15) is 0 Å². The molecule has 3 aliphatic rings. The molecule has 1 saturated heterocycles. The second kappa shape index (κ2) is 9.75. The van der Waals surface area contributed by atoms with Crippen molar-refractivity contribution < 1.29 is 23.4 Å². The highest BCUT2D eigenvalue weighted by molar-refractivity contribution is 6.00. The molecule has 44 heavy (non-hydrogen) atoms. The van der Waals surface area contributed by atoms with Gasteiger partial charge in [0.2, 0.25) is 0 Å². The zero-order chi connectivity index (χ0) is 30.4. The Kier molecular flexibility index (Phi) is 6.00. The molecular weight excluding hydrogens is 566 g/mol. The van der Waals surface area contributed by atoms with Crippen molar-refractivity contribution >= 4 is 28.0 Å². The number of pyridine rings is 1. The number of aromatic nitrogens is 4. The van der Waals surface area contributed by atoms with Crippen molar-refractivity contribution in [2.45, 2.75) is 44.3 Å². The average molecular weight is 599 g/mol. The number of halogens is 2. The van der Waals surface area contributed by atoms with Crippen LogP contribution in [0.15, 0.2) is 42.5 Å². The zero-order valence-corrected chi connectivity index (χ0v) is 24.4. The lowest BCUT2D eigenvalue weighted by Gasteiger charge is -2.27. The first-order chi connectivity index (χ1) is 21.2. The largest absolute Gasteiger partial charge is 0.505 e. The fraction of sp³-hybridized carbons (Fsp3) is 0.364. The average Bonchev–Trinajstić information content (AvgIpc) is 3.42. The van der Waals surface area contributed by atoms with Gasteiger partial charge in [-0.3, -0.25) is 4.79 Å². The van der Waals surface area contributed by atoms with Crippen LogP contribution < -0.4 is 10.5 Å². The number of methoxy groups -OCH3 is 1. The third kappa shape index (κ3) is 4.09. The Labute approximate surface area is 251 Å². The highest BCUT2D eigenvalue weighted by Crippen LogP contribution is 2.40. The van der Waals surface area contributed by atoms with E-state index in [9.17, 15) is 18.7 Å². The van der Waals surface area contributed by atoms with E-state index in [1.165, 1.54) is 0 Å². The van der Waals surface area contributed by atoms with E-state index in [-0.39, 0.29) is 29.2 Å². The van der Waals surface area contributed by atoms with Crippen LogP contribution >= 0.6 is 0 Å². The van der Waals surface area contributed by atoms with Gasteiger partial charge >= 0.3 is 0 Å². The van der Waals surface area contributed by atoms with Gasteiger partial charge in [-0.15, -0.1) is 0 Å². The lowest BCUT2D eigenvalue weighted by atomic mass is 10.1. The van der Waals surface area contributed by atoms with Crippen LogP contribution in [0.5, 0.6) is 11.5 Å². The lowest BCUT2D eigenvalue weighted by molar-refractivity contribution is 0.0700. The molecule has 3 N–H and O–H groups in total. The molecule has 11 heteroatoms. The molecule has 2 bridgehead atoms. The SMILES string of the molecule is COc1cc(C(=O)N2CC3CCC2C3N)cc2nc(-c3cc4ccc(-c5cc(F)c(O)cc5F)nc4n3CC3CC3)n(C)c12. The number of likely N-dealkylation sites (tertiary alicyclic amines) is 1. The monoisotopic (exact) mass is 598 g/mol. The number of piperidine rings is 1. The van der Waals surface area contributed by atoms with Crippen molar-refractivity contribution in [3.8, 4) is 34.3 Å². The number of aryl methyl sites for hydroxylation is 1. The predicted octanol–water partition coefficient (Wildman–Crippen LogP) is 5.22. The number of carbonyl (C=O) groups excluding carboxylic acids is 1. The number of nitrogens with two attached hydrogens (primary N) is 1. The number of phenolic OH excluding ortho intramolecular Hbond substituents is 1. The molecular formula is C33H32F2N6O3. The van der Waals surface area contributed by atoms with E-state index in [4.69, 9.17) is 20.4 Å². The van der Waals surface area contributed by atoms with Gasteiger partial charge in [-0.25, -0.2) is 18.7 Å². The Morgan fingerprint density at radius 3 is 2.59 bits per heavy atom. The highest BCUT2D eigenvalue weighted by atomic mass is 19.1. The molecule has 0 radical (unpaired) electrons. The van der Waals surface area contributed by atoms with E-state index in [2.05, 4.69) is 4.57 Å². The molecule has 226 valence electrons. The fourth-order valence-electron chi connectivity index (χ4n) is 7.21. The molecule has 9 nitrogen and oxygen atoms in total. The minimum absolute atomic E-state index is 0.0260. The van der Waals surface area contributed by atoms with Crippen molar-refractivity contribution in [3.05, 3.63) is 59.7 Å². The number of hydrogen-bond acceptors (Lipinski definition) is 6. The second-order valence-corrected chi connectivity index (χ2v) is 12.5. The molecule has 8 rings (SSSR count). The van der Waals surface area contributed by atoms with Crippen molar-refractivity contribution in [2.75, 3.05) is 13.7 Å². The Balaban J connectivity index is 1.25. The van der Waals surface area contributed by atoms with Gasteiger partial charge in [-0.1, -0.05) is 0 Å². The maximum absolute atomic E-state index is 14.8. The van der Waals surface area contributed by atoms with Crippen LogP contribution in [0, 0.1) is 23.5 Å². The van der Waals surface area contributed by atoms with Crippen LogP contribution in [-0.2, 0) is 13.6 Å². The minimum atomic E-state index is -0.913. The maximum atomic E-state index is 14.8. The van der Waals surface area contributed by atoms with Crippen molar-refractivity contribution in [1.29, 1.82) is 0 Å². The predicted molar refractivity (Wildman–Crippen MR) is 161 cm³/mol. The molecule has 3 unspecified atom stereocenters. The van der Waals surface area contributed by atoms with Crippen molar-refractivity contribution in [1.82, 2.24) is 24.0 Å². The topological polar surface area (TPSA) is 111 Å². The maximum Gasteiger partial charge on any atom is 0.254 e. The molecule has 1 amide bonds. The first-order valence-electron chi connectivity index (χ1n) is 15.0. The quantitative estimate of drug-likeness (QED) is 0.277. The van der Waals surface area contributed by atoms with Crippen LogP contribution in [0.4, 0.5) is 8.78 Å². The number of imidazole rings is 1. The fourth-order valence-corrected chi connectivity index (χ4v) is 7.21. The van der Waals surface area contributed by atoms with E-state index >= 15 is 0 Å². The summed E-state index contributed by atoms with van der Waals surface area (Å²) in [6, 6.07) is 10.9. The van der Waals surface area contributed by atoms with Crippen LogP contribution in [0.2, 0.25) is 0 Å². The van der Waals surface area contributed by atoms with Gasteiger partial charge in [0.1, 0.15) is 22.7 Å². The summed E-state index contributed by atoms with van der Waals surface area (Å²) in [5.41, 5.74) is 10.00. The number of ether oxygens (including phenoxy) is 1. The summed E-state index contributed by atoms with van der Waals surface area (Å²) in [6.07, 6.45) is 4.19. The van der Waals surface area contributed by atoms with Gasteiger partial charge in [0.15, 0.2) is 17.4 Å².